The van der Waals surface area contributed by atoms with Gasteiger partial charge in [-0.1, -0.05) is 43.0 Å². The van der Waals surface area contributed by atoms with E-state index in [9.17, 15) is 22.8 Å². The summed E-state index contributed by atoms with van der Waals surface area (Å²) < 4.78 is 56.7. The largest absolute Gasteiger partial charge is 0.493 e. The molecule has 1 aliphatic heterocycles. The van der Waals surface area contributed by atoms with E-state index < -0.39 is 29.4 Å². The molecule has 2 aromatic carbocycles. The fraction of sp³-hybridized carbons (Fsp3) is 0.448. The van der Waals surface area contributed by atoms with Crippen LogP contribution in [0, 0.1) is 0 Å². The highest BCUT2D eigenvalue weighted by Crippen LogP contribution is 2.39. The summed E-state index contributed by atoms with van der Waals surface area (Å²) in [6, 6.07) is 12.6. The molecule has 9 heteroatoms. The predicted octanol–water partition coefficient (Wildman–Crippen LogP) is 6.89. The van der Waals surface area contributed by atoms with E-state index >= 15 is 0 Å². The number of rotatable bonds is 8. The number of benzene rings is 2. The number of carbonyl (C=O) groups is 2. The summed E-state index contributed by atoms with van der Waals surface area (Å²) >= 11 is 0. The van der Waals surface area contributed by atoms with Crippen LogP contribution in [0.25, 0.3) is 0 Å². The van der Waals surface area contributed by atoms with E-state index in [1.807, 2.05) is 30.3 Å². The van der Waals surface area contributed by atoms with Crippen molar-refractivity contribution < 1.29 is 37.0 Å². The Morgan fingerprint density at radius 3 is 2.29 bits per heavy atom. The Morgan fingerprint density at radius 1 is 1.03 bits per heavy atom. The fourth-order valence-corrected chi connectivity index (χ4v) is 4.08. The highest BCUT2D eigenvalue weighted by atomic mass is 19.4. The normalized spacial score (nSPS) is 14.6. The number of piperidine rings is 1. The SMILES string of the molecule is C=C(CCOc1cc(C(F)(F)F)ccc1C1CCN(C(=O)OC(C)(C)C)CC1)C(=O)OCc1ccccc1. The summed E-state index contributed by atoms with van der Waals surface area (Å²) in [5.41, 5.74) is 0.208. The van der Waals surface area contributed by atoms with Crippen LogP contribution in [0.5, 0.6) is 5.75 Å². The number of likely N-dealkylation sites (tertiary alicyclic amines) is 1. The van der Waals surface area contributed by atoms with E-state index in [-0.39, 0.29) is 36.9 Å². The molecule has 3 rings (SSSR count). The molecule has 0 N–H and O–H groups in total. The smallest absolute Gasteiger partial charge is 0.416 e. The molecule has 1 fully saturated rings. The zero-order valence-corrected chi connectivity index (χ0v) is 22.0. The van der Waals surface area contributed by atoms with Crippen molar-refractivity contribution in [1.29, 1.82) is 0 Å². The molecule has 0 atom stereocenters. The van der Waals surface area contributed by atoms with Crippen LogP contribution in [-0.2, 0) is 27.1 Å². The zero-order valence-electron chi connectivity index (χ0n) is 22.0. The van der Waals surface area contributed by atoms with Crippen molar-refractivity contribution in [2.75, 3.05) is 19.7 Å². The van der Waals surface area contributed by atoms with Gasteiger partial charge in [0, 0.05) is 25.1 Å². The van der Waals surface area contributed by atoms with E-state index in [2.05, 4.69) is 6.58 Å². The summed E-state index contributed by atoms with van der Waals surface area (Å²) in [7, 11) is 0. The lowest BCUT2D eigenvalue weighted by Gasteiger charge is -2.34. The van der Waals surface area contributed by atoms with Gasteiger partial charge in [-0.25, -0.2) is 9.59 Å². The molecule has 1 saturated heterocycles. The van der Waals surface area contributed by atoms with Crippen molar-refractivity contribution in [2.45, 2.75) is 64.3 Å². The van der Waals surface area contributed by atoms with Gasteiger partial charge >= 0.3 is 18.2 Å². The molecule has 38 heavy (non-hydrogen) atoms. The third kappa shape index (κ3) is 8.53. The third-order valence-electron chi connectivity index (χ3n) is 6.09. The first-order chi connectivity index (χ1) is 17.8. The van der Waals surface area contributed by atoms with Gasteiger partial charge in [-0.2, -0.15) is 13.2 Å². The number of ether oxygens (including phenoxy) is 3. The Kier molecular flexibility index (Phi) is 9.46. The van der Waals surface area contributed by atoms with Crippen LogP contribution < -0.4 is 4.74 Å². The van der Waals surface area contributed by atoms with Crippen LogP contribution >= 0.6 is 0 Å². The molecule has 2 aromatic rings. The molecule has 6 nitrogen and oxygen atoms in total. The van der Waals surface area contributed by atoms with Gasteiger partial charge in [-0.15, -0.1) is 0 Å². The van der Waals surface area contributed by atoms with E-state index in [1.54, 1.807) is 25.7 Å². The Bertz CT molecular complexity index is 1120. The second kappa shape index (κ2) is 12.4. The van der Waals surface area contributed by atoms with Crippen LogP contribution in [0.15, 0.2) is 60.7 Å². The Balaban J connectivity index is 1.61. The van der Waals surface area contributed by atoms with E-state index in [1.165, 1.54) is 6.07 Å². The van der Waals surface area contributed by atoms with Crippen molar-refractivity contribution in [3.63, 3.8) is 0 Å². The van der Waals surface area contributed by atoms with Crippen LogP contribution in [-0.4, -0.2) is 42.3 Å². The van der Waals surface area contributed by atoms with E-state index in [0.29, 0.717) is 31.5 Å². The Hall–Kier alpha value is -3.49. The van der Waals surface area contributed by atoms with E-state index in [4.69, 9.17) is 14.2 Å². The van der Waals surface area contributed by atoms with Crippen LogP contribution in [0.3, 0.4) is 0 Å². The minimum atomic E-state index is -4.53. The number of nitrogens with zero attached hydrogens (tertiary/aromatic N) is 1. The first-order valence-electron chi connectivity index (χ1n) is 12.5. The molecule has 0 aromatic heterocycles. The zero-order chi connectivity index (χ0) is 27.9. The number of amides is 1. The van der Waals surface area contributed by atoms with Gasteiger partial charge in [0.2, 0.25) is 0 Å². The number of alkyl halides is 3. The molecule has 0 aliphatic carbocycles. The summed E-state index contributed by atoms with van der Waals surface area (Å²) in [6.45, 7) is 10.0. The van der Waals surface area contributed by atoms with Crippen LogP contribution in [0.2, 0.25) is 0 Å². The number of esters is 1. The van der Waals surface area contributed by atoms with Gasteiger partial charge in [0.05, 0.1) is 12.2 Å². The maximum absolute atomic E-state index is 13.4. The van der Waals surface area contributed by atoms with Crippen molar-refractivity contribution >= 4 is 12.1 Å². The van der Waals surface area contributed by atoms with Crippen LogP contribution in [0.1, 0.15) is 62.6 Å². The second-order valence-electron chi connectivity index (χ2n) is 10.3. The molecule has 0 bridgehead atoms. The minimum Gasteiger partial charge on any atom is -0.493 e. The number of hydrogen-bond acceptors (Lipinski definition) is 5. The summed E-state index contributed by atoms with van der Waals surface area (Å²) in [6.07, 6.45) is -3.72. The lowest BCUT2D eigenvalue weighted by molar-refractivity contribution is -0.140. The quantitative estimate of drug-likeness (QED) is 0.273. The van der Waals surface area contributed by atoms with Gasteiger partial charge in [0.1, 0.15) is 18.0 Å². The first kappa shape index (κ1) is 29.1. The Labute approximate surface area is 221 Å². The molecule has 1 amide bonds. The van der Waals surface area contributed by atoms with E-state index in [0.717, 1.165) is 17.7 Å². The topological polar surface area (TPSA) is 65.1 Å². The van der Waals surface area contributed by atoms with Gasteiger partial charge in [0.25, 0.3) is 0 Å². The van der Waals surface area contributed by atoms with Gasteiger partial charge in [-0.3, -0.25) is 0 Å². The highest BCUT2D eigenvalue weighted by Gasteiger charge is 2.33. The van der Waals surface area contributed by atoms with Gasteiger partial charge in [-0.05, 0) is 62.8 Å². The van der Waals surface area contributed by atoms with Crippen LogP contribution in [0.4, 0.5) is 18.0 Å². The molecular formula is C29H34F3NO5. The molecule has 1 heterocycles. The summed E-state index contributed by atoms with van der Waals surface area (Å²) in [5, 5.41) is 0. The monoisotopic (exact) mass is 533 g/mol. The molecule has 206 valence electrons. The molecular weight excluding hydrogens is 499 g/mol. The molecule has 0 saturated carbocycles. The average molecular weight is 534 g/mol. The number of hydrogen-bond donors (Lipinski definition) is 0. The third-order valence-corrected chi connectivity index (χ3v) is 6.09. The predicted molar refractivity (Wildman–Crippen MR) is 137 cm³/mol. The average Bonchev–Trinajstić information content (AvgIpc) is 2.86. The molecule has 0 radical (unpaired) electrons. The summed E-state index contributed by atoms with van der Waals surface area (Å²) in [5.74, 6) is -0.567. The number of halogens is 3. The van der Waals surface area contributed by atoms with Gasteiger partial charge < -0.3 is 19.1 Å². The van der Waals surface area contributed by atoms with Crippen molar-refractivity contribution in [1.82, 2.24) is 4.90 Å². The maximum atomic E-state index is 13.4. The lowest BCUT2D eigenvalue weighted by Crippen LogP contribution is -2.41. The first-order valence-corrected chi connectivity index (χ1v) is 12.5. The fourth-order valence-electron chi connectivity index (χ4n) is 4.08. The molecule has 0 unspecified atom stereocenters. The standard InChI is InChI=1S/C29H34F3NO5/c1-20(26(34)37-19-21-8-6-5-7-9-21)14-17-36-25-18-23(29(30,31)32)10-11-24(25)22-12-15-33(16-13-22)27(35)38-28(2,3)4/h5-11,18,22H,1,12-17,19H2,2-4H3. The summed E-state index contributed by atoms with van der Waals surface area (Å²) in [4.78, 5) is 26.2. The molecule has 1 aliphatic rings. The van der Waals surface area contributed by atoms with Crippen molar-refractivity contribution in [2.24, 2.45) is 0 Å². The lowest BCUT2D eigenvalue weighted by atomic mass is 9.88. The van der Waals surface area contributed by atoms with Gasteiger partial charge in [0.15, 0.2) is 0 Å². The van der Waals surface area contributed by atoms with Crippen molar-refractivity contribution in [3.05, 3.63) is 77.4 Å². The molecule has 0 spiro atoms. The highest BCUT2D eigenvalue weighted by molar-refractivity contribution is 5.87. The van der Waals surface area contributed by atoms with Crippen molar-refractivity contribution in [3.8, 4) is 5.75 Å². The Morgan fingerprint density at radius 2 is 1.68 bits per heavy atom. The maximum Gasteiger partial charge on any atom is 0.416 e. The minimum absolute atomic E-state index is 0.0374. The second-order valence-corrected chi connectivity index (χ2v) is 10.3. The number of carbonyl (C=O) groups excluding carboxylic acids is 2.